The molecule has 1 heterocycles. The predicted octanol–water partition coefficient (Wildman–Crippen LogP) is -0.997. The van der Waals surface area contributed by atoms with Gasteiger partial charge in [0.05, 0.1) is 6.61 Å². The Kier molecular flexibility index (Phi) is 2.29. The number of hydrogen-bond donors (Lipinski definition) is 3. The van der Waals surface area contributed by atoms with Crippen molar-refractivity contribution in [3.8, 4) is 0 Å². The van der Waals surface area contributed by atoms with Crippen LogP contribution < -0.4 is 0 Å². The molecule has 0 aliphatic carbocycles. The minimum atomic E-state index is -1.34. The number of hydrogen-bond acceptors (Lipinski definition) is 4. The Morgan fingerprint density at radius 1 is 1.64 bits per heavy atom. The van der Waals surface area contributed by atoms with Crippen LogP contribution in [0.15, 0.2) is 12.2 Å². The Morgan fingerprint density at radius 3 is 2.73 bits per heavy atom. The lowest BCUT2D eigenvalue weighted by Gasteiger charge is -2.32. The van der Waals surface area contributed by atoms with Gasteiger partial charge in [0.1, 0.15) is 11.7 Å². The van der Waals surface area contributed by atoms with Crippen LogP contribution >= 0.6 is 0 Å². The molecule has 64 valence electrons. The van der Waals surface area contributed by atoms with Gasteiger partial charge >= 0.3 is 0 Å². The summed E-state index contributed by atoms with van der Waals surface area (Å²) in [5, 5.41) is 27.0. The standard InChI is InChI=1S/C7H12O4/c1-7(10)3-2-5(4-8)11-6(7)9/h2-3,5-6,8-10H,4H2,1H3/t5-,6?,7-/m0/s1. The fraction of sp³-hybridized carbons (Fsp3) is 0.714. The molecule has 0 aromatic carbocycles. The van der Waals surface area contributed by atoms with Gasteiger partial charge in [0.25, 0.3) is 0 Å². The molecule has 4 nitrogen and oxygen atoms in total. The first-order valence-electron chi connectivity index (χ1n) is 3.42. The average Bonchev–Trinajstić information content (AvgIpc) is 1.95. The molecule has 0 saturated heterocycles. The molecule has 11 heavy (non-hydrogen) atoms. The van der Waals surface area contributed by atoms with E-state index in [1.54, 1.807) is 0 Å². The molecule has 3 N–H and O–H groups in total. The van der Waals surface area contributed by atoms with E-state index in [9.17, 15) is 5.11 Å². The summed E-state index contributed by atoms with van der Waals surface area (Å²) in [5.74, 6) is 0. The van der Waals surface area contributed by atoms with Crippen LogP contribution in [0.4, 0.5) is 0 Å². The van der Waals surface area contributed by atoms with Crippen LogP contribution in [-0.4, -0.2) is 39.9 Å². The van der Waals surface area contributed by atoms with E-state index in [4.69, 9.17) is 14.9 Å². The summed E-state index contributed by atoms with van der Waals surface area (Å²) in [6.07, 6.45) is 1.17. The van der Waals surface area contributed by atoms with Crippen LogP contribution in [0.3, 0.4) is 0 Å². The van der Waals surface area contributed by atoms with Crippen molar-refractivity contribution in [3.05, 3.63) is 12.2 Å². The first-order chi connectivity index (χ1) is 5.06. The molecule has 3 atom stereocenters. The molecule has 0 fully saturated rings. The van der Waals surface area contributed by atoms with Gasteiger partial charge in [-0.3, -0.25) is 0 Å². The Balaban J connectivity index is 2.67. The largest absolute Gasteiger partial charge is 0.393 e. The predicted molar refractivity (Wildman–Crippen MR) is 37.7 cm³/mol. The van der Waals surface area contributed by atoms with E-state index in [1.807, 2.05) is 0 Å². The van der Waals surface area contributed by atoms with Crippen molar-refractivity contribution in [3.63, 3.8) is 0 Å². The van der Waals surface area contributed by atoms with E-state index < -0.39 is 18.0 Å². The van der Waals surface area contributed by atoms with Crippen LogP contribution in [0.2, 0.25) is 0 Å². The zero-order valence-corrected chi connectivity index (χ0v) is 6.27. The highest BCUT2D eigenvalue weighted by atomic mass is 16.6. The van der Waals surface area contributed by atoms with Crippen molar-refractivity contribution in [1.29, 1.82) is 0 Å². The van der Waals surface area contributed by atoms with Crippen LogP contribution in [0.5, 0.6) is 0 Å². The third-order valence-electron chi connectivity index (χ3n) is 1.63. The minimum absolute atomic E-state index is 0.191. The second-order valence-electron chi connectivity index (χ2n) is 2.79. The average molecular weight is 160 g/mol. The third-order valence-corrected chi connectivity index (χ3v) is 1.63. The van der Waals surface area contributed by atoms with Gasteiger partial charge in [-0.05, 0) is 13.0 Å². The van der Waals surface area contributed by atoms with Crippen LogP contribution in [0.1, 0.15) is 6.92 Å². The summed E-state index contributed by atoms with van der Waals surface area (Å²) < 4.78 is 4.82. The SMILES string of the molecule is C[C@]1(O)C=C[C@@H](CO)OC1O. The minimum Gasteiger partial charge on any atom is -0.393 e. The zero-order valence-electron chi connectivity index (χ0n) is 6.27. The van der Waals surface area contributed by atoms with E-state index >= 15 is 0 Å². The number of aliphatic hydroxyl groups excluding tert-OH is 2. The van der Waals surface area contributed by atoms with E-state index in [0.29, 0.717) is 0 Å². The summed E-state index contributed by atoms with van der Waals surface area (Å²) in [6, 6.07) is 0. The molecule has 4 heteroatoms. The second kappa shape index (κ2) is 2.91. The van der Waals surface area contributed by atoms with Gasteiger partial charge in [-0.25, -0.2) is 0 Å². The number of ether oxygens (including phenoxy) is 1. The van der Waals surface area contributed by atoms with Gasteiger partial charge in [-0.2, -0.15) is 0 Å². The van der Waals surface area contributed by atoms with E-state index in [1.165, 1.54) is 19.1 Å². The molecule has 0 radical (unpaired) electrons. The fourth-order valence-electron chi connectivity index (χ4n) is 0.837. The maximum absolute atomic E-state index is 9.31. The lowest BCUT2D eigenvalue weighted by atomic mass is 10.0. The molecule has 0 spiro atoms. The van der Waals surface area contributed by atoms with E-state index in [-0.39, 0.29) is 6.61 Å². The Labute approximate surface area is 64.7 Å². The third kappa shape index (κ3) is 1.78. The maximum atomic E-state index is 9.31. The highest BCUT2D eigenvalue weighted by Gasteiger charge is 2.33. The smallest absolute Gasteiger partial charge is 0.187 e. The first kappa shape index (κ1) is 8.67. The number of rotatable bonds is 1. The highest BCUT2D eigenvalue weighted by Crippen LogP contribution is 2.20. The van der Waals surface area contributed by atoms with Gasteiger partial charge in [0, 0.05) is 0 Å². The summed E-state index contributed by atoms with van der Waals surface area (Å²) in [7, 11) is 0. The fourth-order valence-corrected chi connectivity index (χ4v) is 0.837. The molecule has 0 aromatic heterocycles. The molecule has 0 saturated carbocycles. The molecule has 1 aliphatic rings. The van der Waals surface area contributed by atoms with E-state index in [0.717, 1.165) is 0 Å². The highest BCUT2D eigenvalue weighted by molar-refractivity contribution is 5.07. The molecule has 1 rings (SSSR count). The van der Waals surface area contributed by atoms with Gasteiger partial charge < -0.3 is 20.1 Å². The molecular weight excluding hydrogens is 148 g/mol. The normalized spacial score (nSPS) is 44.4. The van der Waals surface area contributed by atoms with E-state index in [2.05, 4.69) is 0 Å². The molecular formula is C7H12O4. The van der Waals surface area contributed by atoms with Gasteiger partial charge in [-0.1, -0.05) is 6.08 Å². The lowest BCUT2D eigenvalue weighted by Crippen LogP contribution is -2.45. The van der Waals surface area contributed by atoms with Crippen molar-refractivity contribution in [2.75, 3.05) is 6.61 Å². The summed E-state index contributed by atoms with van der Waals surface area (Å²) in [4.78, 5) is 0. The molecule has 1 unspecified atom stereocenters. The van der Waals surface area contributed by atoms with Crippen LogP contribution in [0, 0.1) is 0 Å². The second-order valence-corrected chi connectivity index (χ2v) is 2.79. The van der Waals surface area contributed by atoms with Crippen LogP contribution in [0.25, 0.3) is 0 Å². The Morgan fingerprint density at radius 2 is 2.27 bits per heavy atom. The Bertz CT molecular complexity index is 164. The molecule has 0 bridgehead atoms. The van der Waals surface area contributed by atoms with Crippen molar-refractivity contribution in [2.45, 2.75) is 24.9 Å². The number of aliphatic hydroxyl groups is 3. The molecule has 1 aliphatic heterocycles. The lowest BCUT2D eigenvalue weighted by molar-refractivity contribution is -0.214. The molecule has 0 amide bonds. The summed E-state index contributed by atoms with van der Waals surface area (Å²) >= 11 is 0. The maximum Gasteiger partial charge on any atom is 0.187 e. The van der Waals surface area contributed by atoms with Crippen LogP contribution in [-0.2, 0) is 4.74 Å². The van der Waals surface area contributed by atoms with Crippen molar-refractivity contribution in [2.24, 2.45) is 0 Å². The quantitative estimate of drug-likeness (QED) is 0.430. The molecule has 0 aromatic rings. The van der Waals surface area contributed by atoms with Gasteiger partial charge in [0.15, 0.2) is 6.29 Å². The Hall–Kier alpha value is -0.420. The van der Waals surface area contributed by atoms with Crippen molar-refractivity contribution >= 4 is 0 Å². The summed E-state index contributed by atoms with van der Waals surface area (Å²) in [5.41, 5.74) is -1.34. The van der Waals surface area contributed by atoms with Gasteiger partial charge in [-0.15, -0.1) is 0 Å². The van der Waals surface area contributed by atoms with Crippen molar-refractivity contribution < 1.29 is 20.1 Å². The summed E-state index contributed by atoms with van der Waals surface area (Å²) in [6.45, 7) is 1.24. The van der Waals surface area contributed by atoms with Crippen molar-refractivity contribution in [1.82, 2.24) is 0 Å². The monoisotopic (exact) mass is 160 g/mol. The topological polar surface area (TPSA) is 69.9 Å². The zero-order chi connectivity index (χ0) is 8.48. The first-order valence-corrected chi connectivity index (χ1v) is 3.42. The van der Waals surface area contributed by atoms with Gasteiger partial charge in [0.2, 0.25) is 0 Å².